The number of halogens is 3. The molecule has 0 radical (unpaired) electrons. The highest BCUT2D eigenvalue weighted by molar-refractivity contribution is 7.92. The Hall–Kier alpha value is -3.66. The molecule has 0 unspecified atom stereocenters. The maximum absolute atomic E-state index is 14.4. The lowest BCUT2D eigenvalue weighted by molar-refractivity contribution is -0.119. The van der Waals surface area contributed by atoms with Crippen LogP contribution in [-0.4, -0.2) is 31.7 Å². The number of aryl methyl sites for hydroxylation is 1. The van der Waals surface area contributed by atoms with Crippen molar-refractivity contribution in [3.05, 3.63) is 112 Å². The Morgan fingerprint density at radius 2 is 1.71 bits per heavy atom. The van der Waals surface area contributed by atoms with Crippen LogP contribution in [-0.2, 0) is 14.8 Å². The van der Waals surface area contributed by atoms with E-state index in [4.69, 9.17) is 23.2 Å². The topological polar surface area (TPSA) is 83.8 Å². The normalized spacial score (nSPS) is 11.6. The van der Waals surface area contributed by atoms with Crippen LogP contribution in [0.1, 0.15) is 17.0 Å². The van der Waals surface area contributed by atoms with Crippen LogP contribution in [0.2, 0.25) is 10.0 Å². The lowest BCUT2D eigenvalue weighted by atomic mass is 10.2. The number of carbonyl (C=O) groups is 1. The average molecular weight is 573 g/mol. The molecule has 1 N–H and O–H groups in total. The van der Waals surface area contributed by atoms with Gasteiger partial charge in [0.1, 0.15) is 12.4 Å². The summed E-state index contributed by atoms with van der Waals surface area (Å²) in [5, 5.41) is 4.13. The summed E-state index contributed by atoms with van der Waals surface area (Å²) in [5.41, 5.74) is 4.94. The molecule has 0 bridgehead atoms. The van der Waals surface area contributed by atoms with Crippen LogP contribution in [0.25, 0.3) is 5.69 Å². The number of para-hydroxylation sites is 1. The van der Waals surface area contributed by atoms with E-state index in [-0.39, 0.29) is 26.4 Å². The van der Waals surface area contributed by atoms with Crippen molar-refractivity contribution in [1.82, 2.24) is 9.99 Å². The average Bonchev–Trinajstić information content (AvgIpc) is 3.17. The van der Waals surface area contributed by atoms with Gasteiger partial charge < -0.3 is 4.57 Å². The van der Waals surface area contributed by atoms with Crippen molar-refractivity contribution >= 4 is 51.0 Å². The molecule has 0 saturated carbocycles. The first-order chi connectivity index (χ1) is 18.1. The number of aromatic nitrogens is 1. The predicted molar refractivity (Wildman–Crippen MR) is 148 cm³/mol. The number of amides is 1. The van der Waals surface area contributed by atoms with Gasteiger partial charge in [0, 0.05) is 17.0 Å². The molecule has 196 valence electrons. The summed E-state index contributed by atoms with van der Waals surface area (Å²) in [5.74, 6) is -1.08. The van der Waals surface area contributed by atoms with Crippen LogP contribution in [0.5, 0.6) is 0 Å². The van der Waals surface area contributed by atoms with Crippen LogP contribution in [0, 0.1) is 19.7 Å². The van der Waals surface area contributed by atoms with E-state index in [1.807, 2.05) is 6.92 Å². The fourth-order valence-corrected chi connectivity index (χ4v) is 5.87. The van der Waals surface area contributed by atoms with Gasteiger partial charge in [-0.1, -0.05) is 59.6 Å². The predicted octanol–water partition coefficient (Wildman–Crippen LogP) is 5.89. The van der Waals surface area contributed by atoms with E-state index >= 15 is 0 Å². The monoisotopic (exact) mass is 572 g/mol. The summed E-state index contributed by atoms with van der Waals surface area (Å²) >= 11 is 12.4. The van der Waals surface area contributed by atoms with Gasteiger partial charge in [-0.3, -0.25) is 9.10 Å². The lowest BCUT2D eigenvalue weighted by Gasteiger charge is -2.24. The van der Waals surface area contributed by atoms with E-state index in [0.717, 1.165) is 10.00 Å². The Kier molecular flexibility index (Phi) is 8.20. The fourth-order valence-electron chi connectivity index (χ4n) is 3.97. The zero-order valence-electron chi connectivity index (χ0n) is 20.4. The molecule has 1 amide bonds. The minimum Gasteiger partial charge on any atom is -0.315 e. The number of carbonyl (C=O) groups excluding carboxylic acids is 1. The quantitative estimate of drug-likeness (QED) is 0.211. The van der Waals surface area contributed by atoms with Gasteiger partial charge in [0.2, 0.25) is 0 Å². The Balaban J connectivity index is 1.58. The molecule has 0 aliphatic rings. The van der Waals surface area contributed by atoms with Gasteiger partial charge in [0.05, 0.1) is 32.5 Å². The molecule has 0 aliphatic carbocycles. The van der Waals surface area contributed by atoms with Gasteiger partial charge in [-0.2, -0.15) is 5.10 Å². The zero-order valence-corrected chi connectivity index (χ0v) is 22.7. The molecule has 0 spiro atoms. The third-order valence-electron chi connectivity index (χ3n) is 5.77. The Labute approximate surface area is 230 Å². The highest BCUT2D eigenvalue weighted by atomic mass is 35.5. The van der Waals surface area contributed by atoms with E-state index in [9.17, 15) is 17.6 Å². The summed E-state index contributed by atoms with van der Waals surface area (Å²) in [6.07, 6.45) is 1.42. The first kappa shape index (κ1) is 27.4. The second-order valence-corrected chi connectivity index (χ2v) is 11.0. The first-order valence-corrected chi connectivity index (χ1v) is 13.6. The first-order valence-electron chi connectivity index (χ1n) is 11.4. The van der Waals surface area contributed by atoms with Crippen molar-refractivity contribution in [2.75, 3.05) is 10.8 Å². The molecule has 0 saturated heterocycles. The number of anilines is 1. The lowest BCUT2D eigenvalue weighted by Crippen LogP contribution is -2.39. The number of nitrogens with zero attached hydrogens (tertiary/aromatic N) is 3. The Morgan fingerprint density at radius 3 is 2.42 bits per heavy atom. The SMILES string of the molecule is Cc1cc(/C=N\NC(=O)CN(c2cccc(Cl)c2Cl)S(=O)(=O)c2ccccc2)c(C)n1-c1ccccc1F. The van der Waals surface area contributed by atoms with Crippen molar-refractivity contribution in [3.8, 4) is 5.69 Å². The van der Waals surface area contributed by atoms with Gasteiger partial charge in [-0.25, -0.2) is 18.2 Å². The molecule has 38 heavy (non-hydrogen) atoms. The Bertz CT molecular complexity index is 1620. The van der Waals surface area contributed by atoms with Gasteiger partial charge in [0.15, 0.2) is 0 Å². The number of hydrogen-bond acceptors (Lipinski definition) is 4. The number of benzene rings is 3. The van der Waals surface area contributed by atoms with Crippen LogP contribution in [0.3, 0.4) is 0 Å². The van der Waals surface area contributed by atoms with E-state index in [1.54, 1.807) is 60.0 Å². The molecular formula is C27H23Cl2FN4O3S. The van der Waals surface area contributed by atoms with Crippen molar-refractivity contribution < 1.29 is 17.6 Å². The number of hydrogen-bond donors (Lipinski definition) is 1. The summed E-state index contributed by atoms with van der Waals surface area (Å²) in [6.45, 7) is 3.03. The van der Waals surface area contributed by atoms with Gasteiger partial charge in [0.25, 0.3) is 15.9 Å². The van der Waals surface area contributed by atoms with Crippen LogP contribution >= 0.6 is 23.2 Å². The number of rotatable bonds is 8. The van der Waals surface area contributed by atoms with Crippen LogP contribution in [0.15, 0.2) is 88.9 Å². The Morgan fingerprint density at radius 1 is 1.03 bits per heavy atom. The standard InChI is InChI=1S/C27H23Cl2FN4O3S/c1-18-15-20(19(2)34(18)24-13-7-6-12-23(24)30)16-31-32-26(35)17-33(25-14-8-11-22(28)27(25)29)38(36,37)21-9-4-3-5-10-21/h3-16H,17H2,1-2H3,(H,32,35)/b31-16-. The van der Waals surface area contributed by atoms with Gasteiger partial charge >= 0.3 is 0 Å². The van der Waals surface area contributed by atoms with Crippen molar-refractivity contribution in [1.29, 1.82) is 0 Å². The maximum atomic E-state index is 14.4. The number of sulfonamides is 1. The molecule has 11 heteroatoms. The van der Waals surface area contributed by atoms with Crippen LogP contribution in [0.4, 0.5) is 10.1 Å². The summed E-state index contributed by atoms with van der Waals surface area (Å²) in [4.78, 5) is 12.8. The second-order valence-electron chi connectivity index (χ2n) is 8.30. The van der Waals surface area contributed by atoms with E-state index in [0.29, 0.717) is 16.9 Å². The molecule has 1 heterocycles. The zero-order chi connectivity index (χ0) is 27.4. The number of nitrogens with one attached hydrogen (secondary N) is 1. The fraction of sp³-hybridized carbons (Fsp3) is 0.111. The highest BCUT2D eigenvalue weighted by Gasteiger charge is 2.29. The molecule has 0 atom stereocenters. The third kappa shape index (κ3) is 5.60. The van der Waals surface area contributed by atoms with E-state index in [1.165, 1.54) is 36.5 Å². The molecule has 3 aromatic carbocycles. The molecule has 0 fully saturated rings. The van der Waals surface area contributed by atoms with Crippen molar-refractivity contribution in [2.45, 2.75) is 18.7 Å². The minimum absolute atomic E-state index is 0.00874. The summed E-state index contributed by atoms with van der Waals surface area (Å²) in [6, 6.07) is 20.4. The van der Waals surface area contributed by atoms with Gasteiger partial charge in [-0.15, -0.1) is 0 Å². The van der Waals surface area contributed by atoms with Crippen molar-refractivity contribution in [2.24, 2.45) is 5.10 Å². The number of hydrazone groups is 1. The summed E-state index contributed by atoms with van der Waals surface area (Å²) < 4.78 is 43.9. The molecule has 0 aliphatic heterocycles. The maximum Gasteiger partial charge on any atom is 0.264 e. The van der Waals surface area contributed by atoms with Crippen LogP contribution < -0.4 is 9.73 Å². The van der Waals surface area contributed by atoms with Gasteiger partial charge in [-0.05, 0) is 56.3 Å². The van der Waals surface area contributed by atoms with E-state index in [2.05, 4.69) is 10.5 Å². The summed E-state index contributed by atoms with van der Waals surface area (Å²) in [7, 11) is -4.17. The highest BCUT2D eigenvalue weighted by Crippen LogP contribution is 2.35. The minimum atomic E-state index is -4.17. The largest absolute Gasteiger partial charge is 0.315 e. The molecule has 1 aromatic heterocycles. The third-order valence-corrected chi connectivity index (χ3v) is 8.36. The van der Waals surface area contributed by atoms with Crippen molar-refractivity contribution in [3.63, 3.8) is 0 Å². The smallest absolute Gasteiger partial charge is 0.264 e. The molecule has 4 aromatic rings. The molecule has 7 nitrogen and oxygen atoms in total. The second kappa shape index (κ2) is 11.4. The molecule has 4 rings (SSSR count). The molecular weight excluding hydrogens is 550 g/mol. The van der Waals surface area contributed by atoms with E-state index < -0.39 is 22.5 Å².